The Hall–Kier alpha value is -2.32. The molecule has 0 amide bonds. The first-order valence-corrected chi connectivity index (χ1v) is 12.3. The van der Waals surface area contributed by atoms with E-state index in [1.807, 2.05) is 0 Å². The third-order valence-corrected chi connectivity index (χ3v) is 7.50. The van der Waals surface area contributed by atoms with Crippen LogP contribution in [0, 0.1) is 17.2 Å². The van der Waals surface area contributed by atoms with Gasteiger partial charge in [-0.25, -0.2) is 0 Å². The van der Waals surface area contributed by atoms with Gasteiger partial charge in [-0.2, -0.15) is 18.4 Å². The van der Waals surface area contributed by atoms with E-state index in [1.54, 1.807) is 12.1 Å². The Morgan fingerprint density at radius 2 is 1.97 bits per heavy atom. The molecular formula is C23H19Br2F3N4O2. The van der Waals surface area contributed by atoms with E-state index in [-0.39, 0.29) is 24.2 Å². The lowest BCUT2D eigenvalue weighted by Crippen LogP contribution is -2.47. The van der Waals surface area contributed by atoms with Gasteiger partial charge < -0.3 is 9.47 Å². The number of hydrogen-bond donors (Lipinski definition) is 0. The van der Waals surface area contributed by atoms with Gasteiger partial charge in [-0.05, 0) is 52.9 Å². The van der Waals surface area contributed by atoms with Crippen molar-refractivity contribution in [3.05, 3.63) is 50.3 Å². The van der Waals surface area contributed by atoms with Crippen LogP contribution in [0.1, 0.15) is 42.6 Å². The van der Waals surface area contributed by atoms with Crippen molar-refractivity contribution in [3.63, 3.8) is 0 Å². The molecule has 5 rings (SSSR count). The molecule has 2 aromatic heterocycles. The van der Waals surface area contributed by atoms with Crippen molar-refractivity contribution in [2.75, 3.05) is 7.11 Å². The Morgan fingerprint density at radius 3 is 2.59 bits per heavy atom. The molecule has 0 bridgehead atoms. The molecule has 11 heteroatoms. The fourth-order valence-corrected chi connectivity index (χ4v) is 5.93. The van der Waals surface area contributed by atoms with Gasteiger partial charge in [0.05, 0.1) is 23.1 Å². The van der Waals surface area contributed by atoms with Crippen LogP contribution in [0.4, 0.5) is 13.2 Å². The number of nitrogens with zero attached hydrogens (tertiary/aromatic N) is 4. The van der Waals surface area contributed by atoms with Crippen molar-refractivity contribution in [1.82, 2.24) is 14.6 Å². The molecule has 178 valence electrons. The minimum atomic E-state index is -4.67. The van der Waals surface area contributed by atoms with Gasteiger partial charge in [0, 0.05) is 35.5 Å². The summed E-state index contributed by atoms with van der Waals surface area (Å²) < 4.78 is 56.3. The minimum absolute atomic E-state index is 0.227. The highest BCUT2D eigenvalue weighted by atomic mass is 79.9. The van der Waals surface area contributed by atoms with E-state index in [9.17, 15) is 18.4 Å². The molecule has 2 saturated carbocycles. The molecule has 0 spiro atoms. The third kappa shape index (κ3) is 4.05. The zero-order valence-electron chi connectivity index (χ0n) is 18.0. The van der Waals surface area contributed by atoms with Gasteiger partial charge in [-0.15, -0.1) is 10.2 Å². The number of benzene rings is 1. The maximum atomic E-state index is 14.1. The number of nitriles is 1. The van der Waals surface area contributed by atoms with Crippen LogP contribution in [0.3, 0.4) is 0 Å². The van der Waals surface area contributed by atoms with Gasteiger partial charge in [-0.1, -0.05) is 15.9 Å². The number of alkyl halides is 3. The van der Waals surface area contributed by atoms with Crippen LogP contribution in [0.15, 0.2) is 33.3 Å². The van der Waals surface area contributed by atoms with Crippen molar-refractivity contribution in [1.29, 1.82) is 5.26 Å². The lowest BCUT2D eigenvalue weighted by atomic mass is 9.63. The predicted molar refractivity (Wildman–Crippen MR) is 124 cm³/mol. The fourth-order valence-electron chi connectivity index (χ4n) is 4.55. The molecule has 0 N–H and O–H groups in total. The van der Waals surface area contributed by atoms with Crippen LogP contribution in [-0.4, -0.2) is 27.8 Å². The predicted octanol–water partition coefficient (Wildman–Crippen LogP) is 6.24. The summed E-state index contributed by atoms with van der Waals surface area (Å²) in [5.41, 5.74) is -1.48. The minimum Gasteiger partial charge on any atom is -0.495 e. The maximum absolute atomic E-state index is 14.1. The van der Waals surface area contributed by atoms with E-state index in [2.05, 4.69) is 48.1 Å². The standard InChI is InChI=1S/C23H19Br2F3N4O2/c1-33-20-15(7-13(24)8-16(20)25)22(11-29)9-14(10-22)34-17-4-5-32-18(6-12-2-3-12)30-31-21(32)19(17)23(26,27)28/h4-5,7-8,12,14H,2-3,6,9-10H2,1H3. The monoisotopic (exact) mass is 598 g/mol. The van der Waals surface area contributed by atoms with Gasteiger partial charge in [0.2, 0.25) is 0 Å². The van der Waals surface area contributed by atoms with Crippen LogP contribution in [0.2, 0.25) is 0 Å². The van der Waals surface area contributed by atoms with Crippen LogP contribution < -0.4 is 9.47 Å². The second kappa shape index (κ2) is 8.41. The summed E-state index contributed by atoms with van der Waals surface area (Å²) >= 11 is 6.87. The molecule has 0 atom stereocenters. The molecule has 6 nitrogen and oxygen atoms in total. The van der Waals surface area contributed by atoms with Gasteiger partial charge in [-0.3, -0.25) is 4.40 Å². The van der Waals surface area contributed by atoms with E-state index < -0.39 is 23.3 Å². The first kappa shape index (κ1) is 23.4. The summed E-state index contributed by atoms with van der Waals surface area (Å²) in [6.45, 7) is 0. The number of aromatic nitrogens is 3. The number of fused-ring (bicyclic) bond motifs is 1. The van der Waals surface area contributed by atoms with E-state index in [0.717, 1.165) is 17.3 Å². The highest BCUT2D eigenvalue weighted by Gasteiger charge is 2.50. The lowest BCUT2D eigenvalue weighted by Gasteiger charge is -2.43. The van der Waals surface area contributed by atoms with Crippen molar-refractivity contribution < 1.29 is 22.6 Å². The second-order valence-corrected chi connectivity index (χ2v) is 10.6. The maximum Gasteiger partial charge on any atom is 0.423 e. The Labute approximate surface area is 210 Å². The van der Waals surface area contributed by atoms with E-state index >= 15 is 0 Å². The molecule has 3 aromatic rings. The average molecular weight is 600 g/mol. The number of ether oxygens (including phenoxy) is 2. The third-order valence-electron chi connectivity index (χ3n) is 6.45. The topological polar surface area (TPSA) is 72.4 Å². The summed E-state index contributed by atoms with van der Waals surface area (Å²) in [6, 6.07) is 7.25. The molecule has 0 radical (unpaired) electrons. The Balaban J connectivity index is 1.44. The molecule has 2 fully saturated rings. The number of methoxy groups -OCH3 is 1. The SMILES string of the molecule is COc1c(Br)cc(Br)cc1C1(C#N)CC(Oc2ccn3c(CC4CC4)nnc3c2C(F)(F)F)C1. The fraction of sp³-hybridized carbons (Fsp3) is 0.435. The van der Waals surface area contributed by atoms with E-state index in [4.69, 9.17) is 9.47 Å². The molecule has 0 aliphatic heterocycles. The van der Waals surface area contributed by atoms with E-state index in [0.29, 0.717) is 33.9 Å². The average Bonchev–Trinajstić information content (AvgIpc) is 3.47. The van der Waals surface area contributed by atoms with Crippen LogP contribution in [-0.2, 0) is 18.0 Å². The van der Waals surface area contributed by atoms with Crippen molar-refractivity contribution >= 4 is 37.5 Å². The molecule has 34 heavy (non-hydrogen) atoms. The Bertz CT molecular complexity index is 1310. The Morgan fingerprint density at radius 1 is 1.24 bits per heavy atom. The number of rotatable bonds is 6. The summed E-state index contributed by atoms with van der Waals surface area (Å²) in [7, 11) is 1.51. The Kier molecular flexibility index (Phi) is 5.80. The molecule has 2 aliphatic carbocycles. The van der Waals surface area contributed by atoms with Crippen molar-refractivity contribution in [2.45, 2.75) is 49.8 Å². The van der Waals surface area contributed by atoms with Crippen molar-refractivity contribution in [2.24, 2.45) is 5.92 Å². The number of pyridine rings is 1. The smallest absolute Gasteiger partial charge is 0.423 e. The summed E-state index contributed by atoms with van der Waals surface area (Å²) in [5, 5.41) is 17.8. The van der Waals surface area contributed by atoms with Crippen LogP contribution in [0.5, 0.6) is 11.5 Å². The van der Waals surface area contributed by atoms with Gasteiger partial charge >= 0.3 is 6.18 Å². The molecule has 0 unspecified atom stereocenters. The lowest BCUT2D eigenvalue weighted by molar-refractivity contribution is -0.138. The number of halogens is 5. The first-order chi connectivity index (χ1) is 16.1. The molecule has 2 heterocycles. The first-order valence-electron chi connectivity index (χ1n) is 10.7. The van der Waals surface area contributed by atoms with Gasteiger partial charge in [0.25, 0.3) is 0 Å². The van der Waals surface area contributed by atoms with Gasteiger partial charge in [0.1, 0.15) is 29.0 Å². The van der Waals surface area contributed by atoms with Crippen molar-refractivity contribution in [3.8, 4) is 17.6 Å². The van der Waals surface area contributed by atoms with Crippen LogP contribution in [0.25, 0.3) is 5.65 Å². The number of hydrogen-bond acceptors (Lipinski definition) is 5. The molecular weight excluding hydrogens is 581 g/mol. The summed E-state index contributed by atoms with van der Waals surface area (Å²) in [4.78, 5) is 0. The molecule has 0 saturated heterocycles. The highest BCUT2D eigenvalue weighted by Crippen LogP contribution is 2.51. The summed E-state index contributed by atoms with van der Waals surface area (Å²) in [6.07, 6.45) is -0.530. The highest BCUT2D eigenvalue weighted by molar-refractivity contribution is 9.11. The van der Waals surface area contributed by atoms with Gasteiger partial charge in [0.15, 0.2) is 5.65 Å². The zero-order chi connectivity index (χ0) is 24.3. The van der Waals surface area contributed by atoms with E-state index in [1.165, 1.54) is 23.8 Å². The quantitative estimate of drug-likeness (QED) is 0.335. The molecule has 1 aromatic carbocycles. The van der Waals surface area contributed by atoms with Crippen LogP contribution >= 0.6 is 31.9 Å². The largest absolute Gasteiger partial charge is 0.495 e. The normalized spacial score (nSPS) is 22.3. The molecule has 2 aliphatic rings. The second-order valence-electron chi connectivity index (χ2n) is 8.82. The summed E-state index contributed by atoms with van der Waals surface area (Å²) in [5.74, 6) is 1.20. The zero-order valence-corrected chi connectivity index (χ0v) is 21.2.